The smallest absolute Gasteiger partial charge is 0.416 e. The highest BCUT2D eigenvalue weighted by atomic mass is 19.4. The zero-order valence-corrected chi connectivity index (χ0v) is 14.9. The Balaban J connectivity index is 1.77. The van der Waals surface area contributed by atoms with E-state index in [1.807, 2.05) is 6.07 Å². The van der Waals surface area contributed by atoms with E-state index < -0.39 is 11.7 Å². The molecule has 0 radical (unpaired) electrons. The summed E-state index contributed by atoms with van der Waals surface area (Å²) >= 11 is 0. The summed E-state index contributed by atoms with van der Waals surface area (Å²) in [6, 6.07) is 17.8. The zero-order valence-electron chi connectivity index (χ0n) is 14.9. The van der Waals surface area contributed by atoms with E-state index >= 15 is 0 Å². The fourth-order valence-electron chi connectivity index (χ4n) is 2.88. The molecule has 0 spiro atoms. The summed E-state index contributed by atoms with van der Waals surface area (Å²) in [6.45, 7) is 0.0276. The van der Waals surface area contributed by atoms with Crippen LogP contribution in [0.4, 0.5) is 17.6 Å². The lowest BCUT2D eigenvalue weighted by Crippen LogP contribution is -2.07. The van der Waals surface area contributed by atoms with Crippen molar-refractivity contribution < 1.29 is 22.3 Å². The van der Waals surface area contributed by atoms with Gasteiger partial charge in [-0.3, -0.25) is 0 Å². The highest BCUT2D eigenvalue weighted by molar-refractivity contribution is 5.79. The lowest BCUT2D eigenvalue weighted by atomic mass is 10.1. The molecule has 0 saturated heterocycles. The third-order valence-corrected chi connectivity index (χ3v) is 4.30. The maximum atomic E-state index is 13.1. The van der Waals surface area contributed by atoms with Crippen molar-refractivity contribution in [3.8, 4) is 17.0 Å². The van der Waals surface area contributed by atoms with Gasteiger partial charge >= 0.3 is 6.18 Å². The van der Waals surface area contributed by atoms with Crippen LogP contribution in [0.1, 0.15) is 11.3 Å². The van der Waals surface area contributed by atoms with Gasteiger partial charge in [0.1, 0.15) is 23.9 Å². The Hall–Kier alpha value is -3.48. The average Bonchev–Trinajstić information content (AvgIpc) is 2.72. The molecule has 146 valence electrons. The van der Waals surface area contributed by atoms with Crippen molar-refractivity contribution in [1.29, 1.82) is 0 Å². The summed E-state index contributed by atoms with van der Waals surface area (Å²) in [5.74, 6) is 0.0630. The molecule has 0 fully saturated rings. The minimum Gasteiger partial charge on any atom is -0.487 e. The molecule has 0 aliphatic heterocycles. The van der Waals surface area contributed by atoms with Gasteiger partial charge in [-0.2, -0.15) is 13.2 Å². The third kappa shape index (κ3) is 4.18. The van der Waals surface area contributed by atoms with Crippen molar-refractivity contribution in [3.63, 3.8) is 0 Å². The Kier molecular flexibility index (Phi) is 4.88. The van der Waals surface area contributed by atoms with Crippen LogP contribution in [0.5, 0.6) is 5.75 Å². The number of nitrogens with zero attached hydrogens (tertiary/aromatic N) is 2. The first kappa shape index (κ1) is 18.9. The molecule has 29 heavy (non-hydrogen) atoms. The Morgan fingerprint density at radius 3 is 2.21 bits per heavy atom. The minimum absolute atomic E-state index is 0.0276. The first-order valence-corrected chi connectivity index (χ1v) is 8.72. The summed E-state index contributed by atoms with van der Waals surface area (Å²) in [6.07, 6.45) is -4.47. The topological polar surface area (TPSA) is 35.0 Å². The second-order valence-corrected chi connectivity index (χ2v) is 6.33. The number of benzene rings is 3. The Morgan fingerprint density at radius 1 is 0.793 bits per heavy atom. The van der Waals surface area contributed by atoms with Crippen molar-refractivity contribution in [1.82, 2.24) is 9.97 Å². The molecule has 0 bridgehead atoms. The molecule has 0 unspecified atom stereocenters. The summed E-state index contributed by atoms with van der Waals surface area (Å²) in [5.41, 5.74) is 1.29. The molecule has 0 amide bonds. The molecule has 0 aliphatic rings. The highest BCUT2D eigenvalue weighted by Gasteiger charge is 2.30. The highest BCUT2D eigenvalue weighted by Crippen LogP contribution is 2.32. The van der Waals surface area contributed by atoms with E-state index in [2.05, 4.69) is 9.97 Å². The van der Waals surface area contributed by atoms with Crippen molar-refractivity contribution in [3.05, 3.63) is 89.9 Å². The standard InChI is InChI=1S/C22H14F4N2O/c23-16-7-9-17(10-8-16)29-13-20-21(14-4-2-1-3-5-14)28-19-12-15(22(24,25)26)6-11-18(19)27-20/h1-12H,13H2. The molecule has 3 aromatic carbocycles. The zero-order chi connectivity index (χ0) is 20.4. The van der Waals surface area contributed by atoms with Crippen LogP contribution in [-0.2, 0) is 12.8 Å². The predicted molar refractivity (Wildman–Crippen MR) is 101 cm³/mol. The summed E-state index contributed by atoms with van der Waals surface area (Å²) in [5, 5.41) is 0. The molecule has 3 nitrogen and oxygen atoms in total. The molecule has 0 saturated carbocycles. The fourth-order valence-corrected chi connectivity index (χ4v) is 2.88. The van der Waals surface area contributed by atoms with Gasteiger partial charge in [0, 0.05) is 5.56 Å². The number of alkyl halides is 3. The summed E-state index contributed by atoms with van der Waals surface area (Å²) in [7, 11) is 0. The normalized spacial score (nSPS) is 11.6. The van der Waals surface area contributed by atoms with Crippen molar-refractivity contribution >= 4 is 11.0 Å². The average molecular weight is 398 g/mol. The number of fused-ring (bicyclic) bond motifs is 1. The molecular weight excluding hydrogens is 384 g/mol. The van der Waals surface area contributed by atoms with E-state index in [1.54, 1.807) is 24.3 Å². The number of aromatic nitrogens is 2. The first-order valence-electron chi connectivity index (χ1n) is 8.72. The third-order valence-electron chi connectivity index (χ3n) is 4.30. The number of hydrogen-bond donors (Lipinski definition) is 0. The van der Waals surface area contributed by atoms with Crippen LogP contribution in [0.15, 0.2) is 72.8 Å². The van der Waals surface area contributed by atoms with Crippen LogP contribution in [0, 0.1) is 5.82 Å². The Morgan fingerprint density at radius 2 is 1.52 bits per heavy atom. The van der Waals surface area contributed by atoms with Gasteiger partial charge in [-0.25, -0.2) is 14.4 Å². The Labute approximate surface area is 163 Å². The van der Waals surface area contributed by atoms with Gasteiger partial charge in [-0.1, -0.05) is 30.3 Å². The van der Waals surface area contributed by atoms with Gasteiger partial charge in [0.25, 0.3) is 0 Å². The quantitative estimate of drug-likeness (QED) is 0.394. The van der Waals surface area contributed by atoms with Crippen molar-refractivity contribution in [2.75, 3.05) is 0 Å². The van der Waals surface area contributed by atoms with Crippen LogP contribution in [0.25, 0.3) is 22.3 Å². The van der Waals surface area contributed by atoms with Crippen LogP contribution in [0.3, 0.4) is 0 Å². The lowest BCUT2D eigenvalue weighted by molar-refractivity contribution is -0.137. The summed E-state index contributed by atoms with van der Waals surface area (Å²) in [4.78, 5) is 8.92. The van der Waals surface area contributed by atoms with Gasteiger partial charge < -0.3 is 4.74 Å². The Bertz CT molecular complexity index is 1140. The molecule has 0 aliphatic carbocycles. The molecule has 4 aromatic rings. The molecule has 1 heterocycles. The number of hydrogen-bond acceptors (Lipinski definition) is 3. The van der Waals surface area contributed by atoms with E-state index in [1.165, 1.54) is 30.3 Å². The van der Waals surface area contributed by atoms with Crippen molar-refractivity contribution in [2.24, 2.45) is 0 Å². The second kappa shape index (κ2) is 7.50. The molecule has 0 atom stereocenters. The molecule has 0 N–H and O–H groups in total. The number of halogens is 4. The number of ether oxygens (including phenoxy) is 1. The first-order chi connectivity index (χ1) is 13.9. The minimum atomic E-state index is -4.47. The van der Waals surface area contributed by atoms with E-state index in [0.29, 0.717) is 28.2 Å². The van der Waals surface area contributed by atoms with Crippen LogP contribution in [0.2, 0.25) is 0 Å². The molecular formula is C22H14F4N2O. The van der Waals surface area contributed by atoms with E-state index in [9.17, 15) is 17.6 Å². The number of rotatable bonds is 4. The largest absolute Gasteiger partial charge is 0.487 e. The van der Waals surface area contributed by atoms with Gasteiger partial charge in [0.2, 0.25) is 0 Å². The SMILES string of the molecule is Fc1ccc(OCc2nc3ccc(C(F)(F)F)cc3nc2-c2ccccc2)cc1. The molecule has 4 rings (SSSR count). The van der Waals surface area contributed by atoms with Gasteiger partial charge in [0.05, 0.1) is 22.3 Å². The van der Waals surface area contributed by atoms with Gasteiger partial charge in [-0.05, 0) is 42.5 Å². The van der Waals surface area contributed by atoms with Crippen LogP contribution in [-0.4, -0.2) is 9.97 Å². The van der Waals surface area contributed by atoms with Crippen LogP contribution < -0.4 is 4.74 Å². The summed E-state index contributed by atoms with van der Waals surface area (Å²) < 4.78 is 57.9. The van der Waals surface area contributed by atoms with Crippen molar-refractivity contribution in [2.45, 2.75) is 12.8 Å². The van der Waals surface area contributed by atoms with E-state index in [-0.39, 0.29) is 17.9 Å². The predicted octanol–water partition coefficient (Wildman–Crippen LogP) is 6.03. The maximum absolute atomic E-state index is 13.1. The lowest BCUT2D eigenvalue weighted by Gasteiger charge is -2.13. The van der Waals surface area contributed by atoms with Gasteiger partial charge in [-0.15, -0.1) is 0 Å². The van der Waals surface area contributed by atoms with E-state index in [4.69, 9.17) is 4.74 Å². The second-order valence-electron chi connectivity index (χ2n) is 6.33. The van der Waals surface area contributed by atoms with Gasteiger partial charge in [0.15, 0.2) is 0 Å². The van der Waals surface area contributed by atoms with E-state index in [0.717, 1.165) is 12.1 Å². The monoisotopic (exact) mass is 398 g/mol. The maximum Gasteiger partial charge on any atom is 0.416 e. The molecule has 7 heteroatoms. The molecule has 1 aromatic heterocycles. The van der Waals surface area contributed by atoms with Crippen LogP contribution >= 0.6 is 0 Å². The fraction of sp³-hybridized carbons (Fsp3) is 0.0909.